The zero-order valence-electron chi connectivity index (χ0n) is 8.69. The van der Waals surface area contributed by atoms with Gasteiger partial charge in [-0.05, 0) is 6.26 Å². The Bertz CT molecular complexity index is 201. The first kappa shape index (κ1) is 11.8. The van der Waals surface area contributed by atoms with Crippen LogP contribution < -0.4 is 5.32 Å². The molecule has 0 saturated carbocycles. The van der Waals surface area contributed by atoms with Gasteiger partial charge in [-0.3, -0.25) is 4.79 Å². The van der Waals surface area contributed by atoms with Crippen LogP contribution in [-0.4, -0.2) is 60.2 Å². The molecule has 14 heavy (non-hydrogen) atoms. The summed E-state index contributed by atoms with van der Waals surface area (Å²) in [5.74, 6) is 0.964. The second kappa shape index (κ2) is 5.58. The van der Waals surface area contributed by atoms with Crippen molar-refractivity contribution in [3.8, 4) is 0 Å². The molecule has 2 N–H and O–H groups in total. The molecular weight excluding hydrogens is 200 g/mol. The van der Waals surface area contributed by atoms with E-state index in [1.54, 1.807) is 23.7 Å². The Balaban J connectivity index is 2.39. The van der Waals surface area contributed by atoms with E-state index in [4.69, 9.17) is 0 Å². The Hall–Kier alpha value is -0.260. The number of aliphatic hydroxyl groups excluding tert-OH is 1. The van der Waals surface area contributed by atoms with Gasteiger partial charge >= 0.3 is 0 Å². The third-order valence-corrected chi connectivity index (χ3v) is 3.17. The molecule has 0 bridgehead atoms. The largest absolute Gasteiger partial charge is 0.390 e. The van der Waals surface area contributed by atoms with Crippen molar-refractivity contribution < 1.29 is 9.90 Å². The summed E-state index contributed by atoms with van der Waals surface area (Å²) in [6.07, 6.45) is 2.12. The predicted molar refractivity (Wildman–Crippen MR) is 58.4 cm³/mol. The van der Waals surface area contributed by atoms with Gasteiger partial charge in [-0.2, -0.15) is 11.8 Å². The minimum absolute atomic E-state index is 0.0515. The van der Waals surface area contributed by atoms with Crippen LogP contribution in [0, 0.1) is 0 Å². The van der Waals surface area contributed by atoms with Crippen LogP contribution in [0.3, 0.4) is 0 Å². The van der Waals surface area contributed by atoms with Gasteiger partial charge in [0, 0.05) is 32.3 Å². The number of β-amino-alcohol motifs (C(OH)–C–C–N with tert-alkyl or cyclic N) is 1. The first-order chi connectivity index (χ1) is 6.66. The fraction of sp³-hybridized carbons (Fsp3) is 0.889. The Morgan fingerprint density at radius 1 is 1.64 bits per heavy atom. The van der Waals surface area contributed by atoms with Crippen molar-refractivity contribution in [2.45, 2.75) is 18.6 Å². The molecule has 82 valence electrons. The average Bonchev–Trinajstić information content (AvgIpc) is 2.59. The van der Waals surface area contributed by atoms with E-state index in [2.05, 4.69) is 5.32 Å². The molecule has 0 aromatic rings. The summed E-state index contributed by atoms with van der Waals surface area (Å²) in [5, 5.41) is 12.6. The number of rotatable bonds is 4. The van der Waals surface area contributed by atoms with E-state index in [-0.39, 0.29) is 11.9 Å². The summed E-state index contributed by atoms with van der Waals surface area (Å²) in [7, 11) is 1.77. The van der Waals surface area contributed by atoms with E-state index in [0.29, 0.717) is 19.5 Å². The maximum Gasteiger partial charge on any atom is 0.223 e. The van der Waals surface area contributed by atoms with Crippen molar-refractivity contribution in [1.82, 2.24) is 10.2 Å². The first-order valence-electron chi connectivity index (χ1n) is 4.80. The lowest BCUT2D eigenvalue weighted by Gasteiger charge is -2.26. The smallest absolute Gasteiger partial charge is 0.223 e. The summed E-state index contributed by atoms with van der Waals surface area (Å²) >= 11 is 1.67. The molecule has 1 aliphatic heterocycles. The molecule has 0 radical (unpaired) electrons. The summed E-state index contributed by atoms with van der Waals surface area (Å²) in [5.41, 5.74) is 0. The molecule has 0 aromatic carbocycles. The topological polar surface area (TPSA) is 52.6 Å². The van der Waals surface area contributed by atoms with Gasteiger partial charge in [-0.1, -0.05) is 0 Å². The molecule has 4 nitrogen and oxygen atoms in total. The van der Waals surface area contributed by atoms with E-state index < -0.39 is 6.10 Å². The number of aliphatic hydroxyl groups is 1. The van der Waals surface area contributed by atoms with E-state index in [9.17, 15) is 9.90 Å². The molecule has 1 amide bonds. The van der Waals surface area contributed by atoms with Crippen LogP contribution in [0.5, 0.6) is 0 Å². The molecule has 1 rings (SSSR count). The highest BCUT2D eigenvalue weighted by Gasteiger charge is 2.30. The fourth-order valence-corrected chi connectivity index (χ4v) is 1.98. The van der Waals surface area contributed by atoms with Crippen LogP contribution >= 0.6 is 11.8 Å². The second-order valence-electron chi connectivity index (χ2n) is 3.54. The number of carbonyl (C=O) groups is 1. The summed E-state index contributed by atoms with van der Waals surface area (Å²) in [4.78, 5) is 13.3. The van der Waals surface area contributed by atoms with Gasteiger partial charge in [0.1, 0.15) is 0 Å². The second-order valence-corrected chi connectivity index (χ2v) is 4.53. The highest BCUT2D eigenvalue weighted by Crippen LogP contribution is 2.09. The van der Waals surface area contributed by atoms with Crippen molar-refractivity contribution in [2.75, 3.05) is 32.1 Å². The zero-order chi connectivity index (χ0) is 10.6. The summed E-state index contributed by atoms with van der Waals surface area (Å²) < 4.78 is 0. The lowest BCUT2D eigenvalue weighted by atomic mass is 10.2. The van der Waals surface area contributed by atoms with Gasteiger partial charge in [-0.25, -0.2) is 0 Å². The number of nitrogens with one attached hydrogen (secondary N) is 1. The number of hydrogen-bond acceptors (Lipinski definition) is 4. The number of carbonyl (C=O) groups excluding carboxylic acids is 1. The Morgan fingerprint density at radius 2 is 2.36 bits per heavy atom. The average molecular weight is 218 g/mol. The van der Waals surface area contributed by atoms with Crippen molar-refractivity contribution in [2.24, 2.45) is 0 Å². The molecule has 1 fully saturated rings. The molecular formula is C9H18N2O2S. The molecule has 0 aromatic heterocycles. The lowest BCUT2D eigenvalue weighted by molar-refractivity contribution is -0.132. The predicted octanol–water partition coefficient (Wildman–Crippen LogP) is -0.469. The molecule has 5 heteroatoms. The van der Waals surface area contributed by atoms with Gasteiger partial charge in [0.25, 0.3) is 0 Å². The Morgan fingerprint density at radius 3 is 2.86 bits per heavy atom. The lowest BCUT2D eigenvalue weighted by Crippen LogP contribution is -2.44. The highest BCUT2D eigenvalue weighted by atomic mass is 32.2. The van der Waals surface area contributed by atoms with Gasteiger partial charge in [0.2, 0.25) is 5.91 Å². The zero-order valence-corrected chi connectivity index (χ0v) is 9.51. The monoisotopic (exact) mass is 218 g/mol. The standard InChI is InChI=1S/C9H18N2O2S/c1-11(9(13)3-4-14-2)7-5-10-6-8(7)12/h7-8,10,12H,3-6H2,1-2H3/t7-,8-/m0/s1. The third-order valence-electron chi connectivity index (χ3n) is 2.56. The van der Waals surface area contributed by atoms with Crippen molar-refractivity contribution in [3.05, 3.63) is 0 Å². The fourth-order valence-electron chi connectivity index (χ4n) is 1.60. The Kier molecular flexibility index (Phi) is 4.71. The van der Waals surface area contributed by atoms with E-state index in [1.165, 1.54) is 0 Å². The maximum atomic E-state index is 11.6. The van der Waals surface area contributed by atoms with Gasteiger partial charge in [-0.15, -0.1) is 0 Å². The number of amides is 1. The van der Waals surface area contributed by atoms with Crippen LogP contribution in [0.15, 0.2) is 0 Å². The number of hydrogen-bond donors (Lipinski definition) is 2. The maximum absolute atomic E-state index is 11.6. The van der Waals surface area contributed by atoms with Gasteiger partial charge in [0.05, 0.1) is 12.1 Å². The van der Waals surface area contributed by atoms with Crippen molar-refractivity contribution in [1.29, 1.82) is 0 Å². The van der Waals surface area contributed by atoms with Crippen LogP contribution in [0.25, 0.3) is 0 Å². The van der Waals surface area contributed by atoms with Crippen molar-refractivity contribution in [3.63, 3.8) is 0 Å². The number of likely N-dealkylation sites (N-methyl/N-ethyl adjacent to an activating group) is 1. The van der Waals surface area contributed by atoms with Crippen LogP contribution in [-0.2, 0) is 4.79 Å². The first-order valence-corrected chi connectivity index (χ1v) is 6.19. The summed E-state index contributed by atoms with van der Waals surface area (Å²) in [6, 6.07) is -0.0515. The number of thioether (sulfide) groups is 1. The van der Waals surface area contributed by atoms with Gasteiger partial charge < -0.3 is 15.3 Å². The SMILES string of the molecule is CSCCC(=O)N(C)[C@H]1CNC[C@@H]1O. The quantitative estimate of drug-likeness (QED) is 0.670. The molecule has 1 aliphatic rings. The van der Waals surface area contributed by atoms with E-state index >= 15 is 0 Å². The summed E-state index contributed by atoms with van der Waals surface area (Å²) in [6.45, 7) is 1.29. The minimum atomic E-state index is -0.418. The Labute approximate surface area is 89.0 Å². The van der Waals surface area contributed by atoms with E-state index in [0.717, 1.165) is 5.75 Å². The van der Waals surface area contributed by atoms with E-state index in [1.807, 2.05) is 6.26 Å². The van der Waals surface area contributed by atoms with Crippen LogP contribution in [0.4, 0.5) is 0 Å². The molecule has 2 atom stereocenters. The molecule has 0 aliphatic carbocycles. The number of nitrogens with zero attached hydrogens (tertiary/aromatic N) is 1. The molecule has 0 unspecified atom stereocenters. The van der Waals surface area contributed by atoms with Crippen molar-refractivity contribution >= 4 is 17.7 Å². The molecule has 1 saturated heterocycles. The normalized spacial score (nSPS) is 26.5. The molecule has 0 spiro atoms. The highest BCUT2D eigenvalue weighted by molar-refractivity contribution is 7.98. The van der Waals surface area contributed by atoms with Crippen LogP contribution in [0.1, 0.15) is 6.42 Å². The van der Waals surface area contributed by atoms with Crippen LogP contribution in [0.2, 0.25) is 0 Å². The van der Waals surface area contributed by atoms with Gasteiger partial charge in [0.15, 0.2) is 0 Å². The molecule has 1 heterocycles. The third kappa shape index (κ3) is 2.87. The minimum Gasteiger partial charge on any atom is -0.390 e.